The number of furan rings is 1. The van der Waals surface area contributed by atoms with Crippen LogP contribution in [0.2, 0.25) is 0 Å². The predicted molar refractivity (Wildman–Crippen MR) is 114 cm³/mol. The fourth-order valence-electron chi connectivity index (χ4n) is 2.91. The van der Waals surface area contributed by atoms with Gasteiger partial charge in [0.2, 0.25) is 5.78 Å². The van der Waals surface area contributed by atoms with Gasteiger partial charge >= 0.3 is 5.97 Å². The number of carboxylic acid groups (broad SMARTS) is 1. The zero-order valence-corrected chi connectivity index (χ0v) is 16.6. The SMILES string of the molecule is Cc1ccc(C(=O)c2sc3cc(O)ccc3c2Oc2ccc(/C=C/C(=O)O)cc2)o1. The number of benzene rings is 2. The lowest BCUT2D eigenvalue weighted by Gasteiger charge is -2.07. The third-order valence-corrected chi connectivity index (χ3v) is 5.45. The van der Waals surface area contributed by atoms with Gasteiger partial charge in [-0.25, -0.2) is 4.79 Å². The van der Waals surface area contributed by atoms with Gasteiger partial charge in [-0.05, 0) is 61.0 Å². The lowest BCUT2D eigenvalue weighted by Crippen LogP contribution is -1.99. The number of aromatic hydroxyl groups is 1. The summed E-state index contributed by atoms with van der Waals surface area (Å²) < 4.78 is 12.2. The van der Waals surface area contributed by atoms with Crippen LogP contribution in [0.5, 0.6) is 17.2 Å². The molecule has 0 spiro atoms. The second-order valence-electron chi connectivity index (χ2n) is 6.52. The number of carbonyl (C=O) groups excluding carboxylic acids is 1. The van der Waals surface area contributed by atoms with E-state index >= 15 is 0 Å². The second kappa shape index (κ2) is 7.88. The monoisotopic (exact) mass is 420 g/mol. The van der Waals surface area contributed by atoms with Crippen molar-refractivity contribution in [2.75, 3.05) is 0 Å². The predicted octanol–water partition coefficient (Wildman–Crippen LogP) is 5.63. The summed E-state index contributed by atoms with van der Waals surface area (Å²) in [6.07, 6.45) is 2.53. The number of aryl methyl sites for hydroxylation is 1. The number of carbonyl (C=O) groups is 2. The summed E-state index contributed by atoms with van der Waals surface area (Å²) in [5.41, 5.74) is 0.701. The van der Waals surface area contributed by atoms with E-state index in [1.165, 1.54) is 23.5 Å². The summed E-state index contributed by atoms with van der Waals surface area (Å²) in [5, 5.41) is 19.2. The quantitative estimate of drug-likeness (QED) is 0.310. The Kier molecular flexibility index (Phi) is 5.12. The molecule has 0 atom stereocenters. The molecule has 0 saturated carbocycles. The number of fused-ring (bicyclic) bond motifs is 1. The van der Waals surface area contributed by atoms with E-state index in [1.807, 2.05) is 0 Å². The van der Waals surface area contributed by atoms with Gasteiger partial charge in [0.05, 0.1) is 0 Å². The number of phenolic OH excluding ortho intramolecular Hbond substituents is 1. The number of thiophene rings is 1. The van der Waals surface area contributed by atoms with Crippen LogP contribution in [-0.4, -0.2) is 22.0 Å². The molecule has 0 amide bonds. The maximum Gasteiger partial charge on any atom is 0.328 e. The van der Waals surface area contributed by atoms with Crippen LogP contribution in [0.15, 0.2) is 65.1 Å². The molecule has 7 heteroatoms. The van der Waals surface area contributed by atoms with E-state index in [0.717, 1.165) is 6.08 Å². The Morgan fingerprint density at radius 3 is 2.50 bits per heavy atom. The van der Waals surface area contributed by atoms with Crippen LogP contribution in [0.4, 0.5) is 0 Å². The summed E-state index contributed by atoms with van der Waals surface area (Å²) in [7, 11) is 0. The highest BCUT2D eigenvalue weighted by atomic mass is 32.1. The first-order chi connectivity index (χ1) is 14.4. The number of hydrogen-bond donors (Lipinski definition) is 2. The van der Waals surface area contributed by atoms with E-state index in [1.54, 1.807) is 55.5 Å². The zero-order chi connectivity index (χ0) is 21.3. The zero-order valence-electron chi connectivity index (χ0n) is 15.8. The maximum atomic E-state index is 13.0. The van der Waals surface area contributed by atoms with Crippen molar-refractivity contribution in [3.63, 3.8) is 0 Å². The van der Waals surface area contributed by atoms with Gasteiger partial charge in [0.15, 0.2) is 11.5 Å². The molecule has 2 aromatic heterocycles. The van der Waals surface area contributed by atoms with Crippen LogP contribution in [-0.2, 0) is 4.79 Å². The fourth-order valence-corrected chi connectivity index (χ4v) is 4.02. The van der Waals surface area contributed by atoms with E-state index in [2.05, 4.69) is 0 Å². The third-order valence-electron chi connectivity index (χ3n) is 4.32. The van der Waals surface area contributed by atoms with Gasteiger partial charge in [0.1, 0.15) is 22.1 Å². The molecule has 150 valence electrons. The molecule has 0 aliphatic carbocycles. The van der Waals surface area contributed by atoms with Crippen LogP contribution in [0.3, 0.4) is 0 Å². The number of ketones is 1. The summed E-state index contributed by atoms with van der Waals surface area (Å²) in [5.74, 6) is 0.465. The fraction of sp³-hybridized carbons (Fsp3) is 0.0435. The molecule has 6 nitrogen and oxygen atoms in total. The Bertz CT molecular complexity index is 1280. The molecule has 0 radical (unpaired) electrons. The topological polar surface area (TPSA) is 97.0 Å². The Morgan fingerprint density at radius 1 is 1.07 bits per heavy atom. The normalized spacial score (nSPS) is 11.2. The highest BCUT2D eigenvalue weighted by Gasteiger charge is 2.24. The largest absolute Gasteiger partial charge is 0.508 e. The molecule has 0 aliphatic rings. The van der Waals surface area contributed by atoms with Crippen molar-refractivity contribution in [2.24, 2.45) is 0 Å². The first-order valence-electron chi connectivity index (χ1n) is 8.96. The highest BCUT2D eigenvalue weighted by molar-refractivity contribution is 7.21. The van der Waals surface area contributed by atoms with Gasteiger partial charge in [0, 0.05) is 16.2 Å². The Morgan fingerprint density at radius 2 is 1.83 bits per heavy atom. The molecule has 2 N–H and O–H groups in total. The summed E-state index contributed by atoms with van der Waals surface area (Å²) in [6, 6.07) is 15.0. The van der Waals surface area contributed by atoms with Gasteiger partial charge in [-0.15, -0.1) is 11.3 Å². The van der Waals surface area contributed by atoms with E-state index in [4.69, 9.17) is 14.3 Å². The van der Waals surface area contributed by atoms with Crippen molar-refractivity contribution in [3.05, 3.63) is 82.6 Å². The molecule has 0 bridgehead atoms. The van der Waals surface area contributed by atoms with E-state index in [9.17, 15) is 14.7 Å². The Hall–Kier alpha value is -3.84. The minimum Gasteiger partial charge on any atom is -0.508 e. The van der Waals surface area contributed by atoms with Crippen molar-refractivity contribution in [3.8, 4) is 17.2 Å². The van der Waals surface area contributed by atoms with Crippen LogP contribution < -0.4 is 4.74 Å². The number of ether oxygens (including phenoxy) is 1. The van der Waals surface area contributed by atoms with Crippen molar-refractivity contribution in [1.82, 2.24) is 0 Å². The van der Waals surface area contributed by atoms with E-state index in [0.29, 0.717) is 37.8 Å². The second-order valence-corrected chi connectivity index (χ2v) is 7.58. The van der Waals surface area contributed by atoms with Crippen LogP contribution in [0.1, 0.15) is 26.8 Å². The van der Waals surface area contributed by atoms with Gasteiger partial charge in [-0.1, -0.05) is 12.1 Å². The molecule has 0 unspecified atom stereocenters. The smallest absolute Gasteiger partial charge is 0.328 e. The number of carboxylic acids is 1. The highest BCUT2D eigenvalue weighted by Crippen LogP contribution is 2.42. The first kappa shape index (κ1) is 19.5. The van der Waals surface area contributed by atoms with Crippen LogP contribution >= 0.6 is 11.3 Å². The lowest BCUT2D eigenvalue weighted by molar-refractivity contribution is -0.131. The molecular formula is C23H16O6S. The van der Waals surface area contributed by atoms with Gasteiger partial charge < -0.3 is 19.4 Å². The van der Waals surface area contributed by atoms with Crippen molar-refractivity contribution in [2.45, 2.75) is 6.92 Å². The van der Waals surface area contributed by atoms with Crippen LogP contribution in [0.25, 0.3) is 16.2 Å². The van der Waals surface area contributed by atoms with Gasteiger partial charge in [-0.3, -0.25) is 4.79 Å². The van der Waals surface area contributed by atoms with Crippen molar-refractivity contribution >= 4 is 39.3 Å². The van der Waals surface area contributed by atoms with Gasteiger partial charge in [-0.2, -0.15) is 0 Å². The molecule has 0 saturated heterocycles. The molecular weight excluding hydrogens is 404 g/mol. The van der Waals surface area contributed by atoms with Crippen LogP contribution in [0, 0.1) is 6.92 Å². The summed E-state index contributed by atoms with van der Waals surface area (Å²) in [4.78, 5) is 24.1. The molecule has 4 rings (SSSR count). The summed E-state index contributed by atoms with van der Waals surface area (Å²) in [6.45, 7) is 1.76. The Labute approximate surface area is 175 Å². The molecule has 0 aliphatic heterocycles. The van der Waals surface area contributed by atoms with Gasteiger partial charge in [0.25, 0.3) is 0 Å². The average Bonchev–Trinajstić information content (AvgIpc) is 3.30. The van der Waals surface area contributed by atoms with E-state index < -0.39 is 5.97 Å². The molecule has 4 aromatic rings. The Balaban J connectivity index is 1.73. The van der Waals surface area contributed by atoms with E-state index in [-0.39, 0.29) is 17.3 Å². The summed E-state index contributed by atoms with van der Waals surface area (Å²) >= 11 is 1.21. The minimum absolute atomic E-state index is 0.0951. The third kappa shape index (κ3) is 3.97. The number of aliphatic carboxylic acids is 1. The number of rotatable bonds is 6. The molecule has 2 aromatic carbocycles. The number of phenols is 1. The molecule has 30 heavy (non-hydrogen) atoms. The molecule has 0 fully saturated rings. The average molecular weight is 420 g/mol. The van der Waals surface area contributed by atoms with Crippen molar-refractivity contribution in [1.29, 1.82) is 0 Å². The lowest BCUT2D eigenvalue weighted by atomic mass is 10.1. The maximum absolute atomic E-state index is 13.0. The first-order valence-corrected chi connectivity index (χ1v) is 9.78. The molecule has 2 heterocycles. The van der Waals surface area contributed by atoms with Crippen molar-refractivity contribution < 1.29 is 29.0 Å². The standard InChI is InChI=1S/C23H16O6S/c1-13-2-10-18(28-13)21(27)23-22(17-9-6-15(24)12-19(17)30-23)29-16-7-3-14(4-8-16)5-11-20(25)26/h2-12,24H,1H3,(H,25,26)/b11-5+. The number of hydrogen-bond acceptors (Lipinski definition) is 6. The minimum atomic E-state index is -1.03.